The molecular formula is C18H15NO3. The van der Waals surface area contributed by atoms with Crippen LogP contribution in [0.15, 0.2) is 64.8 Å². The third-order valence-corrected chi connectivity index (χ3v) is 3.75. The van der Waals surface area contributed by atoms with Crippen LogP contribution in [-0.4, -0.2) is 22.6 Å². The molecule has 1 aliphatic carbocycles. The number of carbonyl (C=O) groups is 2. The van der Waals surface area contributed by atoms with Crippen molar-refractivity contribution in [3.63, 3.8) is 0 Å². The minimum atomic E-state index is -1.03. The second-order valence-electron chi connectivity index (χ2n) is 5.46. The molecule has 1 N–H and O–H groups in total. The molecule has 0 fully saturated rings. The van der Waals surface area contributed by atoms with Crippen LogP contribution in [0.2, 0.25) is 0 Å². The predicted octanol–water partition coefficient (Wildman–Crippen LogP) is 3.10. The van der Waals surface area contributed by atoms with E-state index in [1.54, 1.807) is 12.2 Å². The molecule has 1 aromatic rings. The molecule has 3 rings (SSSR count). The maximum absolute atomic E-state index is 12.3. The Morgan fingerprint density at radius 2 is 1.86 bits per heavy atom. The topological polar surface area (TPSA) is 66.7 Å². The molecule has 1 aliphatic heterocycles. The van der Waals surface area contributed by atoms with E-state index in [0.717, 1.165) is 11.1 Å². The Morgan fingerprint density at radius 1 is 1.14 bits per heavy atom. The van der Waals surface area contributed by atoms with Crippen molar-refractivity contribution in [3.8, 4) is 0 Å². The van der Waals surface area contributed by atoms with Gasteiger partial charge < -0.3 is 5.11 Å². The number of benzene rings is 1. The lowest BCUT2D eigenvalue weighted by Gasteiger charge is -2.12. The average Bonchev–Trinajstić information content (AvgIpc) is 2.91. The molecule has 1 heterocycles. The number of hydrogen-bond donors (Lipinski definition) is 1. The molecule has 4 nitrogen and oxygen atoms in total. The summed E-state index contributed by atoms with van der Waals surface area (Å²) in [7, 11) is 0. The van der Waals surface area contributed by atoms with E-state index in [-0.39, 0.29) is 17.4 Å². The van der Waals surface area contributed by atoms with Crippen molar-refractivity contribution >= 4 is 17.5 Å². The van der Waals surface area contributed by atoms with Crippen LogP contribution in [0.4, 0.5) is 0 Å². The zero-order chi connectivity index (χ0) is 15.7. The van der Waals surface area contributed by atoms with Gasteiger partial charge >= 0.3 is 5.97 Å². The second-order valence-corrected chi connectivity index (χ2v) is 5.46. The molecule has 2 aliphatic rings. The lowest BCUT2D eigenvalue weighted by atomic mass is 9.91. The van der Waals surface area contributed by atoms with Crippen LogP contribution < -0.4 is 0 Å². The van der Waals surface area contributed by atoms with E-state index in [2.05, 4.69) is 4.99 Å². The van der Waals surface area contributed by atoms with Gasteiger partial charge in [0.1, 0.15) is 5.70 Å². The number of rotatable bonds is 4. The first-order valence-electron chi connectivity index (χ1n) is 7.05. The van der Waals surface area contributed by atoms with Crippen LogP contribution >= 0.6 is 0 Å². The minimum absolute atomic E-state index is 0.0525. The van der Waals surface area contributed by atoms with Crippen LogP contribution in [0.1, 0.15) is 22.3 Å². The molecule has 22 heavy (non-hydrogen) atoms. The van der Waals surface area contributed by atoms with Gasteiger partial charge in [0.05, 0.1) is 5.71 Å². The highest BCUT2D eigenvalue weighted by Gasteiger charge is 2.24. The summed E-state index contributed by atoms with van der Waals surface area (Å²) in [6, 6.07) is 7.50. The van der Waals surface area contributed by atoms with Gasteiger partial charge in [-0.15, -0.1) is 0 Å². The highest BCUT2D eigenvalue weighted by molar-refractivity contribution is 6.08. The van der Waals surface area contributed by atoms with Crippen molar-refractivity contribution in [2.75, 3.05) is 0 Å². The van der Waals surface area contributed by atoms with E-state index in [1.165, 1.54) is 0 Å². The fraction of sp³-hybridized carbons (Fsp3) is 0.167. The van der Waals surface area contributed by atoms with Crippen molar-refractivity contribution < 1.29 is 14.7 Å². The average molecular weight is 293 g/mol. The Kier molecular flexibility index (Phi) is 3.59. The number of ketones is 1. The van der Waals surface area contributed by atoms with Crippen LogP contribution in [0, 0.1) is 12.8 Å². The molecule has 0 radical (unpaired) electrons. The van der Waals surface area contributed by atoms with Crippen molar-refractivity contribution in [1.82, 2.24) is 0 Å². The fourth-order valence-electron chi connectivity index (χ4n) is 2.53. The predicted molar refractivity (Wildman–Crippen MR) is 84.0 cm³/mol. The summed E-state index contributed by atoms with van der Waals surface area (Å²) < 4.78 is 0. The van der Waals surface area contributed by atoms with Crippen LogP contribution in [0.3, 0.4) is 0 Å². The number of carbonyl (C=O) groups excluding carboxylic acids is 1. The standard InChI is InChI=1S/C18H15NO3/c1-11-2-5-13(6-3-11)17(20)9-12-4-7-15-14(8-12)10-16(19-15)18(21)22/h2-8,10,14H,9H2,1H3,(H,21,22). The van der Waals surface area contributed by atoms with Gasteiger partial charge in [0.25, 0.3) is 0 Å². The van der Waals surface area contributed by atoms with Gasteiger partial charge in [0.15, 0.2) is 5.78 Å². The number of aryl methyl sites for hydroxylation is 1. The van der Waals surface area contributed by atoms with E-state index < -0.39 is 5.97 Å². The number of hydrogen-bond acceptors (Lipinski definition) is 3. The maximum Gasteiger partial charge on any atom is 0.354 e. The van der Waals surface area contributed by atoms with Crippen LogP contribution in [0.5, 0.6) is 0 Å². The van der Waals surface area contributed by atoms with E-state index in [9.17, 15) is 9.59 Å². The fourth-order valence-corrected chi connectivity index (χ4v) is 2.53. The summed E-state index contributed by atoms with van der Waals surface area (Å²) in [6.07, 6.45) is 7.44. The molecule has 0 spiro atoms. The second kappa shape index (κ2) is 5.56. The maximum atomic E-state index is 12.3. The van der Waals surface area contributed by atoms with Crippen molar-refractivity contribution in [1.29, 1.82) is 0 Å². The first-order valence-corrected chi connectivity index (χ1v) is 7.05. The summed E-state index contributed by atoms with van der Waals surface area (Å²) in [5.74, 6) is -1.12. The summed E-state index contributed by atoms with van der Waals surface area (Å²) in [4.78, 5) is 27.3. The number of Topliss-reactive ketones (excluding diaryl/α,β-unsaturated/α-hetero) is 1. The quantitative estimate of drug-likeness (QED) is 0.867. The zero-order valence-corrected chi connectivity index (χ0v) is 12.1. The number of fused-ring (bicyclic) bond motifs is 1. The highest BCUT2D eigenvalue weighted by Crippen LogP contribution is 2.26. The van der Waals surface area contributed by atoms with Gasteiger partial charge in [-0.05, 0) is 24.6 Å². The summed E-state index contributed by atoms with van der Waals surface area (Å²) in [6.45, 7) is 1.98. The lowest BCUT2D eigenvalue weighted by Crippen LogP contribution is -2.10. The number of carboxylic acid groups (broad SMARTS) is 1. The molecule has 1 atom stereocenters. The molecule has 0 bridgehead atoms. The molecule has 0 amide bonds. The molecule has 4 heteroatoms. The molecule has 110 valence electrons. The van der Waals surface area contributed by atoms with Gasteiger partial charge in [-0.3, -0.25) is 4.79 Å². The Labute approximate surface area is 128 Å². The lowest BCUT2D eigenvalue weighted by molar-refractivity contribution is -0.132. The van der Waals surface area contributed by atoms with Gasteiger partial charge in [-0.1, -0.05) is 42.0 Å². The normalized spacial score (nSPS) is 19.1. The molecule has 1 unspecified atom stereocenters. The van der Waals surface area contributed by atoms with E-state index in [1.807, 2.05) is 43.3 Å². The van der Waals surface area contributed by atoms with E-state index in [4.69, 9.17) is 5.11 Å². The first kappa shape index (κ1) is 14.2. The summed E-state index contributed by atoms with van der Waals surface area (Å²) >= 11 is 0. The minimum Gasteiger partial charge on any atom is -0.477 e. The molecule has 0 saturated carbocycles. The van der Waals surface area contributed by atoms with Crippen molar-refractivity contribution in [2.24, 2.45) is 10.9 Å². The summed E-state index contributed by atoms with van der Waals surface area (Å²) in [5.41, 5.74) is 3.47. The Morgan fingerprint density at radius 3 is 2.55 bits per heavy atom. The first-order chi connectivity index (χ1) is 10.5. The van der Waals surface area contributed by atoms with Crippen LogP contribution in [0.25, 0.3) is 0 Å². The number of allylic oxidation sites excluding steroid dienone is 5. The smallest absolute Gasteiger partial charge is 0.354 e. The zero-order valence-electron chi connectivity index (χ0n) is 12.1. The molecule has 0 saturated heterocycles. The SMILES string of the molecule is Cc1ccc(C(=O)CC2=CC3C=C(C(=O)O)N=C3C=C2)cc1. The monoisotopic (exact) mass is 293 g/mol. The van der Waals surface area contributed by atoms with Crippen molar-refractivity contribution in [2.45, 2.75) is 13.3 Å². The van der Waals surface area contributed by atoms with Gasteiger partial charge in [0, 0.05) is 17.9 Å². The molecule has 1 aromatic carbocycles. The number of nitrogens with zero attached hydrogens (tertiary/aromatic N) is 1. The van der Waals surface area contributed by atoms with Gasteiger partial charge in [0.2, 0.25) is 0 Å². The number of aliphatic carboxylic acids is 1. The van der Waals surface area contributed by atoms with E-state index in [0.29, 0.717) is 17.7 Å². The Hall–Kier alpha value is -2.75. The van der Waals surface area contributed by atoms with E-state index >= 15 is 0 Å². The molecular weight excluding hydrogens is 278 g/mol. The highest BCUT2D eigenvalue weighted by atomic mass is 16.4. The van der Waals surface area contributed by atoms with Crippen molar-refractivity contribution in [3.05, 3.63) is 71.0 Å². The Balaban J connectivity index is 1.75. The third kappa shape index (κ3) is 2.81. The largest absolute Gasteiger partial charge is 0.477 e. The summed E-state index contributed by atoms with van der Waals surface area (Å²) in [5, 5.41) is 8.97. The molecule has 0 aromatic heterocycles. The number of aliphatic imine (C=N–C) groups is 1. The van der Waals surface area contributed by atoms with Gasteiger partial charge in [-0.2, -0.15) is 0 Å². The third-order valence-electron chi connectivity index (χ3n) is 3.75. The van der Waals surface area contributed by atoms with Gasteiger partial charge in [-0.25, -0.2) is 9.79 Å². The Bertz CT molecular complexity index is 764. The number of carboxylic acids is 1. The van der Waals surface area contributed by atoms with Crippen LogP contribution in [-0.2, 0) is 4.79 Å².